The van der Waals surface area contributed by atoms with Gasteiger partial charge >= 0.3 is 0 Å². The van der Waals surface area contributed by atoms with Crippen molar-refractivity contribution in [3.63, 3.8) is 0 Å². The Morgan fingerprint density at radius 2 is 2.29 bits per heavy atom. The van der Waals surface area contributed by atoms with E-state index in [2.05, 4.69) is 36.8 Å². The first-order valence-electron chi connectivity index (χ1n) is 7.80. The van der Waals surface area contributed by atoms with Crippen LogP contribution < -0.4 is 0 Å². The Morgan fingerprint density at radius 3 is 2.90 bits per heavy atom. The average Bonchev–Trinajstić information content (AvgIpc) is 2.79. The van der Waals surface area contributed by atoms with Crippen molar-refractivity contribution in [2.45, 2.75) is 59.9 Å². The zero-order valence-electron chi connectivity index (χ0n) is 13.7. The predicted molar refractivity (Wildman–Crippen MR) is 84.7 cm³/mol. The van der Waals surface area contributed by atoms with E-state index in [-0.39, 0.29) is 11.3 Å². The van der Waals surface area contributed by atoms with E-state index < -0.39 is 0 Å². The van der Waals surface area contributed by atoms with Crippen molar-refractivity contribution in [3.8, 4) is 0 Å². The summed E-state index contributed by atoms with van der Waals surface area (Å²) in [6.45, 7) is 10.1. The Bertz CT molecular complexity index is 528. The largest absolute Gasteiger partial charge is 0.348 e. The summed E-state index contributed by atoms with van der Waals surface area (Å²) in [5.41, 5.74) is 3.63. The highest BCUT2D eigenvalue weighted by molar-refractivity contribution is 5.77. The molecule has 0 spiro atoms. The number of amides is 1. The van der Waals surface area contributed by atoms with E-state index in [1.54, 1.807) is 6.33 Å². The van der Waals surface area contributed by atoms with Gasteiger partial charge in [-0.25, -0.2) is 4.98 Å². The molecular weight excluding hydrogens is 262 g/mol. The van der Waals surface area contributed by atoms with Crippen LogP contribution in [0.4, 0.5) is 0 Å². The molecule has 0 unspecified atom stereocenters. The van der Waals surface area contributed by atoms with Gasteiger partial charge in [0.15, 0.2) is 0 Å². The summed E-state index contributed by atoms with van der Waals surface area (Å²) in [4.78, 5) is 21.6. The summed E-state index contributed by atoms with van der Waals surface area (Å²) in [6, 6.07) is 0. The first-order chi connectivity index (χ1) is 9.89. The Hall–Kier alpha value is -1.58. The zero-order chi connectivity index (χ0) is 15.5. The predicted octanol–water partition coefficient (Wildman–Crippen LogP) is 3.59. The van der Waals surface area contributed by atoms with Gasteiger partial charge in [-0.3, -0.25) is 4.79 Å². The molecule has 1 N–H and O–H groups in total. The monoisotopic (exact) mass is 289 g/mol. The molecule has 2 heterocycles. The van der Waals surface area contributed by atoms with Crippen LogP contribution in [0.15, 0.2) is 18.0 Å². The molecule has 116 valence electrons. The standard InChI is InChI=1S/C17H27N3O/c1-13(2)6-5-8-17(4)9-7-16(21)20(11-17)10-15-14(3)18-12-19-15/h6,12H,5,7-11H2,1-4H3,(H,18,19)/t17-/m0/s1. The zero-order valence-corrected chi connectivity index (χ0v) is 13.7. The summed E-state index contributed by atoms with van der Waals surface area (Å²) in [7, 11) is 0. The molecule has 0 saturated carbocycles. The van der Waals surface area contributed by atoms with Crippen LogP contribution in [0.1, 0.15) is 57.8 Å². The number of nitrogens with one attached hydrogen (secondary N) is 1. The van der Waals surface area contributed by atoms with Gasteiger partial charge in [-0.05, 0) is 45.4 Å². The van der Waals surface area contributed by atoms with Crippen LogP contribution in [-0.4, -0.2) is 27.3 Å². The Balaban J connectivity index is 2.00. The van der Waals surface area contributed by atoms with E-state index in [9.17, 15) is 4.79 Å². The molecule has 1 amide bonds. The number of H-pyrrole nitrogens is 1. The Kier molecular flexibility index (Phi) is 4.86. The van der Waals surface area contributed by atoms with Crippen LogP contribution in [0, 0.1) is 12.3 Å². The second-order valence-corrected chi connectivity index (χ2v) is 6.85. The average molecular weight is 289 g/mol. The van der Waals surface area contributed by atoms with Crippen molar-refractivity contribution in [2.75, 3.05) is 6.54 Å². The van der Waals surface area contributed by atoms with Crippen molar-refractivity contribution in [1.82, 2.24) is 14.9 Å². The fraction of sp³-hybridized carbons (Fsp3) is 0.647. The lowest BCUT2D eigenvalue weighted by atomic mass is 9.77. The quantitative estimate of drug-likeness (QED) is 0.842. The van der Waals surface area contributed by atoms with E-state index in [0.717, 1.165) is 37.2 Å². The highest BCUT2D eigenvalue weighted by Crippen LogP contribution is 2.35. The molecule has 1 aliphatic heterocycles. The lowest BCUT2D eigenvalue weighted by Gasteiger charge is -2.40. The summed E-state index contributed by atoms with van der Waals surface area (Å²) in [6.07, 6.45) is 7.90. The van der Waals surface area contributed by atoms with Crippen molar-refractivity contribution in [1.29, 1.82) is 0 Å². The molecule has 2 rings (SSSR count). The third-order valence-electron chi connectivity index (χ3n) is 4.44. The fourth-order valence-corrected chi connectivity index (χ4v) is 2.98. The molecule has 0 aliphatic carbocycles. The van der Waals surface area contributed by atoms with Gasteiger partial charge in [0.25, 0.3) is 0 Å². The highest BCUT2D eigenvalue weighted by Gasteiger charge is 2.34. The van der Waals surface area contributed by atoms with E-state index >= 15 is 0 Å². The first-order valence-corrected chi connectivity index (χ1v) is 7.80. The van der Waals surface area contributed by atoms with Crippen LogP contribution in [-0.2, 0) is 11.3 Å². The fourth-order valence-electron chi connectivity index (χ4n) is 2.98. The molecule has 1 aromatic heterocycles. The lowest BCUT2D eigenvalue weighted by molar-refractivity contribution is -0.138. The number of piperidine rings is 1. The van der Waals surface area contributed by atoms with Gasteiger partial charge in [-0.1, -0.05) is 18.6 Å². The number of carbonyl (C=O) groups is 1. The van der Waals surface area contributed by atoms with E-state index in [1.165, 1.54) is 5.57 Å². The van der Waals surface area contributed by atoms with Gasteiger partial charge in [-0.15, -0.1) is 0 Å². The van der Waals surface area contributed by atoms with Gasteiger partial charge in [0, 0.05) is 18.7 Å². The number of hydrogen-bond donors (Lipinski definition) is 1. The van der Waals surface area contributed by atoms with Gasteiger partial charge < -0.3 is 9.88 Å². The summed E-state index contributed by atoms with van der Waals surface area (Å²) in [5, 5.41) is 0. The number of rotatable bonds is 5. The Morgan fingerprint density at radius 1 is 1.52 bits per heavy atom. The van der Waals surface area contributed by atoms with Gasteiger partial charge in [-0.2, -0.15) is 0 Å². The summed E-state index contributed by atoms with van der Waals surface area (Å²) in [5.74, 6) is 0.261. The maximum Gasteiger partial charge on any atom is 0.222 e. The molecule has 0 radical (unpaired) electrons. The molecule has 1 atom stereocenters. The second-order valence-electron chi connectivity index (χ2n) is 6.85. The first kappa shape index (κ1) is 15.8. The number of hydrogen-bond acceptors (Lipinski definition) is 2. The number of aryl methyl sites for hydroxylation is 1. The maximum absolute atomic E-state index is 12.2. The number of nitrogens with zero attached hydrogens (tertiary/aromatic N) is 2. The van der Waals surface area contributed by atoms with Crippen LogP contribution in [0.3, 0.4) is 0 Å². The minimum atomic E-state index is 0.226. The number of imidazole rings is 1. The number of carbonyl (C=O) groups excluding carboxylic acids is 1. The summed E-state index contributed by atoms with van der Waals surface area (Å²) >= 11 is 0. The minimum Gasteiger partial charge on any atom is -0.348 e. The van der Waals surface area contributed by atoms with Crippen molar-refractivity contribution < 1.29 is 4.79 Å². The van der Waals surface area contributed by atoms with Gasteiger partial charge in [0.05, 0.1) is 18.6 Å². The number of allylic oxidation sites excluding steroid dienone is 2. The molecule has 4 heteroatoms. The van der Waals surface area contributed by atoms with Crippen molar-refractivity contribution in [3.05, 3.63) is 29.4 Å². The molecule has 1 aliphatic rings. The summed E-state index contributed by atoms with van der Waals surface area (Å²) < 4.78 is 0. The molecule has 1 saturated heterocycles. The van der Waals surface area contributed by atoms with Crippen LogP contribution in [0.25, 0.3) is 0 Å². The third kappa shape index (κ3) is 4.19. The molecule has 0 aromatic carbocycles. The second kappa shape index (κ2) is 6.46. The van der Waals surface area contributed by atoms with E-state index in [1.807, 2.05) is 11.8 Å². The minimum absolute atomic E-state index is 0.226. The van der Waals surface area contributed by atoms with E-state index in [0.29, 0.717) is 13.0 Å². The van der Waals surface area contributed by atoms with Crippen LogP contribution in [0.5, 0.6) is 0 Å². The number of aromatic amines is 1. The van der Waals surface area contributed by atoms with Gasteiger partial charge in [0.2, 0.25) is 5.91 Å². The Labute approximate surface area is 127 Å². The highest BCUT2D eigenvalue weighted by atomic mass is 16.2. The number of likely N-dealkylation sites (tertiary alicyclic amines) is 1. The van der Waals surface area contributed by atoms with Crippen LogP contribution in [0.2, 0.25) is 0 Å². The maximum atomic E-state index is 12.2. The number of aromatic nitrogens is 2. The SMILES string of the molecule is CC(C)=CCC[C@@]1(C)CCC(=O)N(Cc2nc[nH]c2C)C1. The molecule has 1 aromatic rings. The smallest absolute Gasteiger partial charge is 0.222 e. The van der Waals surface area contributed by atoms with Gasteiger partial charge in [0.1, 0.15) is 0 Å². The van der Waals surface area contributed by atoms with Crippen molar-refractivity contribution >= 4 is 5.91 Å². The molecular formula is C17H27N3O. The molecule has 1 fully saturated rings. The topological polar surface area (TPSA) is 49.0 Å². The molecule has 0 bridgehead atoms. The lowest BCUT2D eigenvalue weighted by Crippen LogP contribution is -2.44. The van der Waals surface area contributed by atoms with Crippen LogP contribution >= 0.6 is 0 Å². The molecule has 4 nitrogen and oxygen atoms in total. The van der Waals surface area contributed by atoms with Crippen molar-refractivity contribution in [2.24, 2.45) is 5.41 Å². The normalized spacial score (nSPS) is 22.5. The third-order valence-corrected chi connectivity index (χ3v) is 4.44. The molecule has 21 heavy (non-hydrogen) atoms. The van der Waals surface area contributed by atoms with E-state index in [4.69, 9.17) is 0 Å².